The van der Waals surface area contributed by atoms with Crippen molar-refractivity contribution in [2.45, 2.75) is 37.0 Å². The predicted octanol–water partition coefficient (Wildman–Crippen LogP) is 2.28. The molecule has 20 heavy (non-hydrogen) atoms. The molecule has 1 N–H and O–H groups in total. The summed E-state index contributed by atoms with van der Waals surface area (Å²) in [5.41, 5.74) is -0.244. The fourth-order valence-corrected chi connectivity index (χ4v) is 2.52. The van der Waals surface area contributed by atoms with E-state index in [-0.39, 0.29) is 0 Å². The lowest BCUT2D eigenvalue weighted by atomic mass is 10.1. The molecule has 0 aliphatic heterocycles. The molecule has 0 aliphatic rings. The van der Waals surface area contributed by atoms with Crippen LogP contribution in [0.5, 0.6) is 0 Å². The summed E-state index contributed by atoms with van der Waals surface area (Å²) in [4.78, 5) is 1.43. The first-order valence-electron chi connectivity index (χ1n) is 6.17. The number of anilines is 1. The number of halogens is 2. The van der Waals surface area contributed by atoms with Crippen LogP contribution in [-0.2, 0) is 9.84 Å². The van der Waals surface area contributed by atoms with E-state index in [1.807, 2.05) is 11.8 Å². The number of rotatable bonds is 6. The molecule has 0 aromatic heterocycles. The maximum absolute atomic E-state index is 12.4. The molecule has 0 atom stereocenters. The van der Waals surface area contributed by atoms with Gasteiger partial charge in [0, 0.05) is 18.8 Å². The van der Waals surface area contributed by atoms with Crippen LogP contribution in [0.2, 0.25) is 0 Å². The molecule has 114 valence electrons. The highest BCUT2D eigenvalue weighted by molar-refractivity contribution is 7.91. The molecule has 0 aliphatic carbocycles. The second-order valence-corrected chi connectivity index (χ2v) is 7.04. The van der Waals surface area contributed by atoms with Gasteiger partial charge in [0.1, 0.15) is 0 Å². The average molecular weight is 307 g/mol. The van der Waals surface area contributed by atoms with Gasteiger partial charge in [0.15, 0.2) is 0 Å². The van der Waals surface area contributed by atoms with Gasteiger partial charge in [0.25, 0.3) is 0 Å². The number of sulfone groups is 1. The van der Waals surface area contributed by atoms with Gasteiger partial charge in [-0.15, -0.1) is 0 Å². The standard InChI is InChI=1S/C13H19F2NO3S/c1-4-16(9-13(2,3)17)10-5-7-11(8-6-10)20(18,19)12(14)15/h5-8,12,17H,4,9H2,1-3H3. The van der Waals surface area contributed by atoms with Gasteiger partial charge in [-0.1, -0.05) is 0 Å². The van der Waals surface area contributed by atoms with Gasteiger partial charge in [-0.3, -0.25) is 0 Å². The first-order chi connectivity index (χ1) is 9.08. The van der Waals surface area contributed by atoms with Gasteiger partial charge >= 0.3 is 5.76 Å². The molecular weight excluding hydrogens is 288 g/mol. The third-order valence-electron chi connectivity index (χ3n) is 2.72. The van der Waals surface area contributed by atoms with Crippen molar-refractivity contribution in [3.05, 3.63) is 24.3 Å². The van der Waals surface area contributed by atoms with Crippen molar-refractivity contribution in [3.8, 4) is 0 Å². The molecule has 1 rings (SSSR count). The van der Waals surface area contributed by atoms with Gasteiger partial charge in [0.2, 0.25) is 9.84 Å². The molecule has 1 aromatic carbocycles. The normalized spacial score (nSPS) is 12.8. The van der Waals surface area contributed by atoms with Crippen molar-refractivity contribution in [2.24, 2.45) is 0 Å². The second-order valence-electron chi connectivity index (χ2n) is 5.13. The van der Waals surface area contributed by atoms with Gasteiger partial charge in [-0.25, -0.2) is 8.42 Å². The Morgan fingerprint density at radius 1 is 1.25 bits per heavy atom. The van der Waals surface area contributed by atoms with Crippen LogP contribution < -0.4 is 4.90 Å². The number of benzene rings is 1. The monoisotopic (exact) mass is 307 g/mol. The summed E-state index contributed by atoms with van der Waals surface area (Å²) < 4.78 is 47.4. The second kappa shape index (κ2) is 6.05. The number of nitrogens with zero attached hydrogens (tertiary/aromatic N) is 1. The van der Waals surface area contributed by atoms with Crippen molar-refractivity contribution < 1.29 is 22.3 Å². The largest absolute Gasteiger partial charge is 0.389 e. The maximum Gasteiger partial charge on any atom is 0.341 e. The van der Waals surface area contributed by atoms with Crippen molar-refractivity contribution in [1.29, 1.82) is 0 Å². The van der Waals surface area contributed by atoms with E-state index in [9.17, 15) is 22.3 Å². The molecule has 0 fully saturated rings. The quantitative estimate of drug-likeness (QED) is 0.876. The van der Waals surface area contributed by atoms with E-state index in [4.69, 9.17) is 0 Å². The zero-order valence-electron chi connectivity index (χ0n) is 11.7. The number of hydrogen-bond donors (Lipinski definition) is 1. The average Bonchev–Trinajstić information content (AvgIpc) is 2.35. The summed E-state index contributed by atoms with van der Waals surface area (Å²) in [5, 5.41) is 9.80. The zero-order valence-corrected chi connectivity index (χ0v) is 12.5. The van der Waals surface area contributed by atoms with Gasteiger partial charge < -0.3 is 10.0 Å². The van der Waals surface area contributed by atoms with Crippen LogP contribution in [0.1, 0.15) is 20.8 Å². The van der Waals surface area contributed by atoms with E-state index < -0.39 is 26.1 Å². The van der Waals surface area contributed by atoms with Crippen LogP contribution in [-0.4, -0.2) is 38.0 Å². The zero-order chi connectivity index (χ0) is 15.6. The Balaban J connectivity index is 3.01. The summed E-state index contributed by atoms with van der Waals surface area (Å²) in [7, 11) is -4.56. The number of aliphatic hydroxyl groups is 1. The van der Waals surface area contributed by atoms with E-state index in [2.05, 4.69) is 0 Å². The Hall–Kier alpha value is -1.21. The fourth-order valence-electron chi connectivity index (χ4n) is 1.80. The first-order valence-corrected chi connectivity index (χ1v) is 7.72. The highest BCUT2D eigenvalue weighted by Crippen LogP contribution is 2.23. The van der Waals surface area contributed by atoms with Crippen molar-refractivity contribution >= 4 is 15.5 Å². The number of alkyl halides is 2. The van der Waals surface area contributed by atoms with Gasteiger partial charge in [-0.05, 0) is 45.0 Å². The molecule has 0 amide bonds. The van der Waals surface area contributed by atoms with E-state index in [1.165, 1.54) is 12.1 Å². The van der Waals surface area contributed by atoms with Crippen LogP contribution in [0, 0.1) is 0 Å². The Labute approximate surface area is 117 Å². The molecule has 1 aromatic rings. The number of likely N-dealkylation sites (N-methyl/N-ethyl adjacent to an activating group) is 1. The smallest absolute Gasteiger partial charge is 0.341 e. The Bertz CT molecular complexity index is 536. The van der Waals surface area contributed by atoms with E-state index in [0.717, 1.165) is 12.1 Å². The number of hydrogen-bond acceptors (Lipinski definition) is 4. The third kappa shape index (κ3) is 4.14. The van der Waals surface area contributed by atoms with Crippen LogP contribution in [0.25, 0.3) is 0 Å². The summed E-state index contributed by atoms with van der Waals surface area (Å²) in [5.74, 6) is -3.42. The van der Waals surface area contributed by atoms with Crippen molar-refractivity contribution in [2.75, 3.05) is 18.0 Å². The Morgan fingerprint density at radius 2 is 1.75 bits per heavy atom. The topological polar surface area (TPSA) is 57.6 Å². The molecule has 0 saturated carbocycles. The van der Waals surface area contributed by atoms with Crippen LogP contribution >= 0.6 is 0 Å². The first kappa shape index (κ1) is 16.8. The van der Waals surface area contributed by atoms with Crippen LogP contribution in [0.4, 0.5) is 14.5 Å². The molecule has 0 unspecified atom stereocenters. The lowest BCUT2D eigenvalue weighted by Crippen LogP contribution is -2.38. The summed E-state index contributed by atoms with van der Waals surface area (Å²) >= 11 is 0. The molecule has 0 saturated heterocycles. The Kier molecular flexibility index (Phi) is 5.10. The van der Waals surface area contributed by atoms with Crippen molar-refractivity contribution in [1.82, 2.24) is 0 Å². The minimum atomic E-state index is -4.56. The molecule has 0 bridgehead atoms. The molecule has 0 heterocycles. The molecule has 0 radical (unpaired) electrons. The van der Waals surface area contributed by atoms with E-state index >= 15 is 0 Å². The fraction of sp³-hybridized carbons (Fsp3) is 0.538. The van der Waals surface area contributed by atoms with E-state index in [1.54, 1.807) is 13.8 Å². The highest BCUT2D eigenvalue weighted by atomic mass is 32.2. The van der Waals surface area contributed by atoms with E-state index in [0.29, 0.717) is 18.8 Å². The predicted molar refractivity (Wildman–Crippen MR) is 73.8 cm³/mol. The molecule has 7 heteroatoms. The highest BCUT2D eigenvalue weighted by Gasteiger charge is 2.26. The lowest BCUT2D eigenvalue weighted by molar-refractivity contribution is 0.0876. The van der Waals surface area contributed by atoms with Gasteiger partial charge in [0.05, 0.1) is 10.5 Å². The third-order valence-corrected chi connectivity index (χ3v) is 4.12. The van der Waals surface area contributed by atoms with Crippen LogP contribution in [0.15, 0.2) is 29.2 Å². The summed E-state index contributed by atoms with van der Waals surface area (Å²) in [6, 6.07) is 5.24. The molecular formula is C13H19F2NO3S. The minimum absolute atomic E-state index is 0.352. The van der Waals surface area contributed by atoms with Crippen LogP contribution in [0.3, 0.4) is 0 Å². The summed E-state index contributed by atoms with van der Waals surface area (Å²) in [6.07, 6.45) is 0. The maximum atomic E-state index is 12.4. The molecule has 4 nitrogen and oxygen atoms in total. The lowest BCUT2D eigenvalue weighted by Gasteiger charge is -2.30. The SMILES string of the molecule is CCN(CC(C)(C)O)c1ccc(S(=O)(=O)C(F)F)cc1. The Morgan fingerprint density at radius 3 is 2.10 bits per heavy atom. The molecule has 0 spiro atoms. The van der Waals surface area contributed by atoms with Crippen molar-refractivity contribution in [3.63, 3.8) is 0 Å². The summed E-state index contributed by atoms with van der Waals surface area (Å²) in [6.45, 7) is 6.15. The van der Waals surface area contributed by atoms with Gasteiger partial charge in [-0.2, -0.15) is 8.78 Å². The minimum Gasteiger partial charge on any atom is -0.389 e.